The van der Waals surface area contributed by atoms with Gasteiger partial charge in [0, 0.05) is 36.6 Å². The zero-order valence-electron chi connectivity index (χ0n) is 19.4. The molecule has 2 aromatic rings. The van der Waals surface area contributed by atoms with Crippen molar-refractivity contribution in [2.75, 3.05) is 38.2 Å². The molecule has 166 valence electrons. The van der Waals surface area contributed by atoms with Gasteiger partial charge in [0.1, 0.15) is 0 Å². The SMILES string of the molecule is CC/C=C\C(=C(/C)c1cccc(C2CC2)c1)c1ccc2c(c1)C(N1CCOCC1)=CCN2. The predicted octanol–water partition coefficient (Wildman–Crippen LogP) is 6.56. The van der Waals surface area contributed by atoms with Crippen LogP contribution in [0.5, 0.6) is 0 Å². The molecule has 0 bridgehead atoms. The summed E-state index contributed by atoms with van der Waals surface area (Å²) in [6.45, 7) is 8.89. The molecule has 5 rings (SSSR count). The van der Waals surface area contributed by atoms with E-state index in [1.807, 2.05) is 0 Å². The number of anilines is 1. The minimum absolute atomic E-state index is 0.772. The highest BCUT2D eigenvalue weighted by Crippen LogP contribution is 2.41. The third-order valence-corrected chi connectivity index (χ3v) is 6.84. The largest absolute Gasteiger partial charge is 0.381 e. The number of rotatable bonds is 6. The van der Waals surface area contributed by atoms with E-state index >= 15 is 0 Å². The minimum atomic E-state index is 0.772. The molecule has 2 fully saturated rings. The molecule has 2 aromatic carbocycles. The van der Waals surface area contributed by atoms with Crippen LogP contribution < -0.4 is 5.32 Å². The van der Waals surface area contributed by atoms with Crippen molar-refractivity contribution < 1.29 is 4.74 Å². The van der Waals surface area contributed by atoms with Crippen LogP contribution in [-0.2, 0) is 4.74 Å². The quantitative estimate of drug-likeness (QED) is 0.418. The molecule has 2 heterocycles. The van der Waals surface area contributed by atoms with Crippen LogP contribution in [0.4, 0.5) is 5.69 Å². The maximum atomic E-state index is 5.59. The fourth-order valence-corrected chi connectivity index (χ4v) is 4.82. The number of fused-ring (bicyclic) bond motifs is 1. The molecule has 3 nitrogen and oxygen atoms in total. The van der Waals surface area contributed by atoms with E-state index < -0.39 is 0 Å². The minimum Gasteiger partial charge on any atom is -0.381 e. The van der Waals surface area contributed by atoms with Crippen LogP contribution in [0.15, 0.2) is 60.7 Å². The lowest BCUT2D eigenvalue weighted by molar-refractivity contribution is 0.0639. The van der Waals surface area contributed by atoms with E-state index in [1.54, 1.807) is 0 Å². The van der Waals surface area contributed by atoms with Gasteiger partial charge in [-0.05, 0) is 78.1 Å². The number of benzene rings is 2. The first-order valence-corrected chi connectivity index (χ1v) is 12.1. The van der Waals surface area contributed by atoms with Crippen LogP contribution in [-0.4, -0.2) is 37.7 Å². The molecule has 0 unspecified atom stereocenters. The van der Waals surface area contributed by atoms with E-state index in [2.05, 4.69) is 84.8 Å². The lowest BCUT2D eigenvalue weighted by atomic mass is 9.91. The molecule has 0 spiro atoms. The molecular formula is C29H34N2O. The Morgan fingerprint density at radius 2 is 1.94 bits per heavy atom. The summed E-state index contributed by atoms with van der Waals surface area (Å²) in [5.74, 6) is 0.772. The molecular weight excluding hydrogens is 392 g/mol. The number of hydrogen-bond donors (Lipinski definition) is 1. The Hall–Kier alpha value is -2.78. The molecule has 1 saturated heterocycles. The number of allylic oxidation sites excluding steroid dienone is 4. The highest BCUT2D eigenvalue weighted by atomic mass is 16.5. The topological polar surface area (TPSA) is 24.5 Å². The zero-order valence-corrected chi connectivity index (χ0v) is 19.4. The van der Waals surface area contributed by atoms with Crippen molar-refractivity contribution >= 4 is 22.5 Å². The van der Waals surface area contributed by atoms with Gasteiger partial charge in [0.25, 0.3) is 0 Å². The van der Waals surface area contributed by atoms with Gasteiger partial charge in [-0.1, -0.05) is 49.4 Å². The zero-order chi connectivity index (χ0) is 21.9. The first-order chi connectivity index (χ1) is 15.7. The van der Waals surface area contributed by atoms with Crippen LogP contribution in [0.1, 0.15) is 61.3 Å². The Bertz CT molecular complexity index is 1070. The number of nitrogens with zero attached hydrogens (tertiary/aromatic N) is 1. The Labute approximate surface area is 192 Å². The van der Waals surface area contributed by atoms with E-state index in [0.717, 1.165) is 45.2 Å². The van der Waals surface area contributed by atoms with Gasteiger partial charge in [-0.2, -0.15) is 0 Å². The second kappa shape index (κ2) is 9.38. The van der Waals surface area contributed by atoms with Crippen LogP contribution >= 0.6 is 0 Å². The normalized spacial score (nSPS) is 19.3. The van der Waals surface area contributed by atoms with E-state index in [1.165, 1.54) is 57.6 Å². The molecule has 1 N–H and O–H groups in total. The number of morpholine rings is 1. The van der Waals surface area contributed by atoms with Gasteiger partial charge in [-0.15, -0.1) is 0 Å². The van der Waals surface area contributed by atoms with Gasteiger partial charge in [-0.3, -0.25) is 0 Å². The average Bonchev–Trinajstić information content (AvgIpc) is 3.70. The smallest absolute Gasteiger partial charge is 0.0642 e. The second-order valence-electron chi connectivity index (χ2n) is 9.08. The summed E-state index contributed by atoms with van der Waals surface area (Å²) < 4.78 is 5.59. The van der Waals surface area contributed by atoms with E-state index in [0.29, 0.717) is 0 Å². The van der Waals surface area contributed by atoms with Crippen molar-refractivity contribution in [3.63, 3.8) is 0 Å². The molecule has 3 heteroatoms. The van der Waals surface area contributed by atoms with Crippen molar-refractivity contribution in [1.82, 2.24) is 4.90 Å². The predicted molar refractivity (Wildman–Crippen MR) is 136 cm³/mol. The summed E-state index contributed by atoms with van der Waals surface area (Å²) in [5.41, 5.74) is 10.6. The Balaban J connectivity index is 1.56. The average molecular weight is 427 g/mol. The van der Waals surface area contributed by atoms with Gasteiger partial charge < -0.3 is 15.0 Å². The summed E-state index contributed by atoms with van der Waals surface area (Å²) in [7, 11) is 0. The Morgan fingerprint density at radius 3 is 2.72 bits per heavy atom. The summed E-state index contributed by atoms with van der Waals surface area (Å²) in [6.07, 6.45) is 10.6. The highest BCUT2D eigenvalue weighted by molar-refractivity contribution is 5.96. The lowest BCUT2D eigenvalue weighted by Gasteiger charge is -2.34. The van der Waals surface area contributed by atoms with Gasteiger partial charge in [0.05, 0.1) is 13.2 Å². The fraction of sp³-hybridized carbons (Fsp3) is 0.379. The molecule has 1 aliphatic carbocycles. The standard InChI is InChI=1S/C29H34N2O/c1-3-4-8-26(21(2)23-6-5-7-24(19-23)22-9-10-22)25-11-12-28-27(20-25)29(13-14-30-28)31-15-17-32-18-16-31/h4-8,11-13,19-20,22,30H,3,9-10,14-18H2,1-2H3/b8-4-,26-21-. The Kier molecular flexibility index (Phi) is 6.18. The third kappa shape index (κ3) is 4.40. The monoisotopic (exact) mass is 426 g/mol. The van der Waals surface area contributed by atoms with Crippen molar-refractivity contribution in [2.24, 2.45) is 0 Å². The Morgan fingerprint density at radius 1 is 1.09 bits per heavy atom. The van der Waals surface area contributed by atoms with Crippen molar-refractivity contribution in [1.29, 1.82) is 0 Å². The van der Waals surface area contributed by atoms with Crippen LogP contribution in [0, 0.1) is 0 Å². The van der Waals surface area contributed by atoms with Crippen LogP contribution in [0.25, 0.3) is 16.8 Å². The van der Waals surface area contributed by atoms with Crippen molar-refractivity contribution in [3.8, 4) is 0 Å². The summed E-state index contributed by atoms with van der Waals surface area (Å²) in [5, 5.41) is 3.56. The first kappa shape index (κ1) is 21.1. The fourth-order valence-electron chi connectivity index (χ4n) is 4.82. The summed E-state index contributed by atoms with van der Waals surface area (Å²) in [6, 6.07) is 16.1. The van der Waals surface area contributed by atoms with Gasteiger partial charge in [-0.25, -0.2) is 0 Å². The van der Waals surface area contributed by atoms with Gasteiger partial charge in [0.2, 0.25) is 0 Å². The highest BCUT2D eigenvalue weighted by Gasteiger charge is 2.24. The number of hydrogen-bond acceptors (Lipinski definition) is 3. The van der Waals surface area contributed by atoms with Crippen LogP contribution in [0.3, 0.4) is 0 Å². The summed E-state index contributed by atoms with van der Waals surface area (Å²) in [4.78, 5) is 2.48. The number of nitrogens with one attached hydrogen (secondary N) is 1. The third-order valence-electron chi connectivity index (χ3n) is 6.84. The van der Waals surface area contributed by atoms with Gasteiger partial charge in [0.15, 0.2) is 0 Å². The molecule has 0 aromatic heterocycles. The maximum absolute atomic E-state index is 5.59. The summed E-state index contributed by atoms with van der Waals surface area (Å²) >= 11 is 0. The molecule has 0 radical (unpaired) electrons. The molecule has 32 heavy (non-hydrogen) atoms. The van der Waals surface area contributed by atoms with Crippen LogP contribution in [0.2, 0.25) is 0 Å². The molecule has 0 atom stereocenters. The lowest BCUT2D eigenvalue weighted by Crippen LogP contribution is -2.36. The number of ether oxygens (including phenoxy) is 1. The molecule has 0 amide bonds. The van der Waals surface area contributed by atoms with Gasteiger partial charge >= 0.3 is 0 Å². The molecule has 1 saturated carbocycles. The second-order valence-corrected chi connectivity index (χ2v) is 9.08. The molecule has 2 aliphatic heterocycles. The molecule has 3 aliphatic rings. The van der Waals surface area contributed by atoms with E-state index in [-0.39, 0.29) is 0 Å². The van der Waals surface area contributed by atoms with Crippen molar-refractivity contribution in [2.45, 2.75) is 39.0 Å². The van der Waals surface area contributed by atoms with E-state index in [4.69, 9.17) is 4.74 Å². The maximum Gasteiger partial charge on any atom is 0.0642 e. The first-order valence-electron chi connectivity index (χ1n) is 12.1. The van der Waals surface area contributed by atoms with E-state index in [9.17, 15) is 0 Å². The van der Waals surface area contributed by atoms with Crippen molar-refractivity contribution in [3.05, 3.63) is 82.9 Å².